The minimum absolute atomic E-state index is 0.328. The van der Waals surface area contributed by atoms with Crippen molar-refractivity contribution in [3.63, 3.8) is 0 Å². The van der Waals surface area contributed by atoms with Crippen LogP contribution in [0.4, 0.5) is 5.69 Å². The van der Waals surface area contributed by atoms with Crippen molar-refractivity contribution in [1.82, 2.24) is 4.67 Å². The normalized spacial score (nSPS) is 22.9. The number of ether oxygens (including phenoxy) is 2. The van der Waals surface area contributed by atoms with E-state index in [1.807, 2.05) is 6.21 Å². The van der Waals surface area contributed by atoms with Crippen LogP contribution in [0.3, 0.4) is 0 Å². The summed E-state index contributed by atoms with van der Waals surface area (Å²) in [4.78, 5) is 0. The highest BCUT2D eigenvalue weighted by Gasteiger charge is 2.31. The van der Waals surface area contributed by atoms with E-state index < -0.39 is 0 Å². The van der Waals surface area contributed by atoms with Gasteiger partial charge in [-0.05, 0) is 30.2 Å². The third-order valence-corrected chi connectivity index (χ3v) is 6.86. The lowest BCUT2D eigenvalue weighted by Crippen LogP contribution is -2.27. The van der Waals surface area contributed by atoms with Gasteiger partial charge in [0.15, 0.2) is 0 Å². The van der Waals surface area contributed by atoms with Crippen molar-refractivity contribution in [3.8, 4) is 11.5 Å². The fourth-order valence-corrected chi connectivity index (χ4v) is 5.02. The molecule has 1 aliphatic carbocycles. The number of anilines is 1. The number of nitrogens with zero attached hydrogens (tertiary/aromatic N) is 1. The maximum atomic E-state index is 5.77. The molecule has 0 saturated carbocycles. The molecule has 2 heterocycles. The summed E-state index contributed by atoms with van der Waals surface area (Å²) in [5, 5.41) is 3.49. The SMILES string of the molecule is COc1cc(/C=C/C2CC=[N+]=C3C=CC=CC32)c(OC)cc1/C=C/C1CCNc2ccccc21. The highest BCUT2D eigenvalue weighted by molar-refractivity contribution is 6.01. The average Bonchev–Trinajstić information content (AvgIpc) is 2.90. The molecule has 1 N–H and O–H groups in total. The smallest absolute Gasteiger partial charge is 0.310 e. The summed E-state index contributed by atoms with van der Waals surface area (Å²) in [5.41, 5.74) is 5.74. The van der Waals surface area contributed by atoms with Crippen LogP contribution in [-0.2, 0) is 0 Å². The first-order chi connectivity index (χ1) is 16.8. The number of fused-ring (bicyclic) bond motifs is 2. The molecule has 4 heteroatoms. The van der Waals surface area contributed by atoms with Crippen molar-refractivity contribution in [2.45, 2.75) is 18.8 Å². The Morgan fingerprint density at radius 1 is 0.971 bits per heavy atom. The van der Waals surface area contributed by atoms with Crippen molar-refractivity contribution < 1.29 is 9.47 Å². The van der Waals surface area contributed by atoms with E-state index >= 15 is 0 Å². The second kappa shape index (κ2) is 10.0. The molecule has 4 nitrogen and oxygen atoms in total. The molecule has 0 spiro atoms. The predicted molar refractivity (Wildman–Crippen MR) is 143 cm³/mol. The molecule has 0 radical (unpaired) electrons. The van der Waals surface area contributed by atoms with Crippen LogP contribution in [0.1, 0.15) is 35.4 Å². The standard InChI is InChI=1S/C30H31N2O2/c1-33-29-19-24(14-12-22-16-18-32-28-10-6-4-8-26(22)28)30(34-2)20-23(29)13-11-21-15-17-31-27-9-5-3-7-25(21)27/h3-14,17,19-22,25,32H,15-16,18H2,1-2H3/q+1/b13-11+,14-12+. The second-order valence-electron chi connectivity index (χ2n) is 8.87. The third kappa shape index (κ3) is 4.50. The molecule has 0 saturated heterocycles. The zero-order chi connectivity index (χ0) is 23.3. The van der Waals surface area contributed by atoms with Gasteiger partial charge < -0.3 is 14.8 Å². The Morgan fingerprint density at radius 3 is 2.53 bits per heavy atom. The summed E-state index contributed by atoms with van der Waals surface area (Å²) < 4.78 is 16.1. The van der Waals surface area contributed by atoms with Gasteiger partial charge in [0.2, 0.25) is 0 Å². The van der Waals surface area contributed by atoms with Gasteiger partial charge in [-0.3, -0.25) is 0 Å². The van der Waals surface area contributed by atoms with E-state index in [0.29, 0.717) is 17.8 Å². The van der Waals surface area contributed by atoms with Crippen molar-refractivity contribution >= 4 is 29.8 Å². The predicted octanol–water partition coefficient (Wildman–Crippen LogP) is 5.67. The summed E-state index contributed by atoms with van der Waals surface area (Å²) in [7, 11) is 3.45. The molecule has 0 fully saturated rings. The van der Waals surface area contributed by atoms with Crippen LogP contribution >= 0.6 is 0 Å². The zero-order valence-electron chi connectivity index (χ0n) is 19.8. The Balaban J connectivity index is 1.40. The van der Waals surface area contributed by atoms with Gasteiger partial charge in [-0.2, -0.15) is 0 Å². The Hall–Kier alpha value is -3.75. The van der Waals surface area contributed by atoms with E-state index in [4.69, 9.17) is 9.47 Å². The maximum absolute atomic E-state index is 5.77. The van der Waals surface area contributed by atoms with Crippen LogP contribution in [0.5, 0.6) is 11.5 Å². The number of allylic oxidation sites excluding steroid dienone is 6. The molecule has 34 heavy (non-hydrogen) atoms. The highest BCUT2D eigenvalue weighted by atomic mass is 16.5. The molecular formula is C30H31N2O2+. The van der Waals surface area contributed by atoms with E-state index in [1.54, 1.807) is 14.2 Å². The number of methoxy groups -OCH3 is 2. The first-order valence-electron chi connectivity index (χ1n) is 12.0. The van der Waals surface area contributed by atoms with Crippen molar-refractivity contribution in [2.24, 2.45) is 11.8 Å². The van der Waals surface area contributed by atoms with Gasteiger partial charge in [0.05, 0.1) is 26.6 Å². The van der Waals surface area contributed by atoms with Crippen molar-refractivity contribution in [2.75, 3.05) is 26.1 Å². The Bertz CT molecular complexity index is 1240. The fourth-order valence-electron chi connectivity index (χ4n) is 5.02. The Labute approximate surface area is 201 Å². The number of benzene rings is 2. The minimum atomic E-state index is 0.328. The summed E-state index contributed by atoms with van der Waals surface area (Å²) in [5.74, 6) is 2.77. The van der Waals surface area contributed by atoms with E-state index in [2.05, 4.69) is 95.0 Å². The number of para-hydroxylation sites is 1. The van der Waals surface area contributed by atoms with Gasteiger partial charge >= 0.3 is 5.71 Å². The molecule has 3 aliphatic rings. The molecule has 172 valence electrons. The van der Waals surface area contributed by atoms with E-state index in [-0.39, 0.29) is 0 Å². The van der Waals surface area contributed by atoms with Crippen LogP contribution in [0.15, 0.2) is 72.9 Å². The van der Waals surface area contributed by atoms with Gasteiger partial charge in [-0.1, -0.05) is 60.7 Å². The van der Waals surface area contributed by atoms with Crippen LogP contribution < -0.4 is 19.5 Å². The molecule has 3 unspecified atom stereocenters. The van der Waals surface area contributed by atoms with Crippen molar-refractivity contribution in [3.05, 3.63) is 89.5 Å². The number of rotatable bonds is 6. The molecule has 0 aromatic heterocycles. The second-order valence-corrected chi connectivity index (χ2v) is 8.87. The Kier molecular flexibility index (Phi) is 6.51. The van der Waals surface area contributed by atoms with Crippen LogP contribution in [0.25, 0.3) is 12.2 Å². The molecule has 2 aromatic rings. The number of nitrogens with one attached hydrogen (secondary N) is 1. The third-order valence-electron chi connectivity index (χ3n) is 6.86. The van der Waals surface area contributed by atoms with Crippen LogP contribution in [0.2, 0.25) is 0 Å². The fraction of sp³-hybridized carbons (Fsp3) is 0.267. The molecule has 2 aromatic carbocycles. The zero-order valence-corrected chi connectivity index (χ0v) is 19.8. The van der Waals surface area contributed by atoms with Gasteiger partial charge in [-0.25, -0.2) is 0 Å². The Morgan fingerprint density at radius 2 is 1.74 bits per heavy atom. The largest absolute Gasteiger partial charge is 0.496 e. The highest BCUT2D eigenvalue weighted by Crippen LogP contribution is 2.36. The summed E-state index contributed by atoms with van der Waals surface area (Å²) in [6, 6.07) is 12.7. The topological polar surface area (TPSA) is 44.6 Å². The summed E-state index contributed by atoms with van der Waals surface area (Å²) >= 11 is 0. The maximum Gasteiger partial charge on any atom is 0.310 e. The summed E-state index contributed by atoms with van der Waals surface area (Å²) in [6.07, 6.45) is 21.4. The first-order valence-corrected chi connectivity index (χ1v) is 12.0. The minimum Gasteiger partial charge on any atom is -0.496 e. The summed E-state index contributed by atoms with van der Waals surface area (Å²) in [6.45, 7) is 0.979. The lowest BCUT2D eigenvalue weighted by Gasteiger charge is -2.24. The van der Waals surface area contributed by atoms with E-state index in [1.165, 1.54) is 11.3 Å². The molecule has 2 aliphatic heterocycles. The van der Waals surface area contributed by atoms with Crippen LogP contribution in [-0.4, -0.2) is 32.7 Å². The molecule has 3 atom stereocenters. The van der Waals surface area contributed by atoms with E-state index in [9.17, 15) is 0 Å². The monoisotopic (exact) mass is 451 g/mol. The van der Waals surface area contributed by atoms with Gasteiger partial charge in [0.25, 0.3) is 6.21 Å². The van der Waals surface area contributed by atoms with Crippen LogP contribution in [0, 0.1) is 11.8 Å². The van der Waals surface area contributed by atoms with Gasteiger partial charge in [-0.15, -0.1) is 4.67 Å². The molecular weight excluding hydrogens is 420 g/mol. The first kappa shape index (κ1) is 22.1. The molecule has 0 amide bonds. The average molecular weight is 452 g/mol. The van der Waals surface area contributed by atoms with Gasteiger partial charge in [0, 0.05) is 41.3 Å². The molecule has 5 rings (SSSR count). The lowest BCUT2D eigenvalue weighted by atomic mass is 9.82. The van der Waals surface area contributed by atoms with Crippen molar-refractivity contribution in [1.29, 1.82) is 0 Å². The lowest BCUT2D eigenvalue weighted by molar-refractivity contribution is 0.401. The quantitative estimate of drug-likeness (QED) is 0.576. The van der Waals surface area contributed by atoms with Gasteiger partial charge in [0.1, 0.15) is 11.5 Å². The molecule has 0 bridgehead atoms. The van der Waals surface area contributed by atoms with E-state index in [0.717, 1.165) is 47.7 Å². The number of hydrogen-bond donors (Lipinski definition) is 1. The number of hydrogen-bond acceptors (Lipinski definition) is 3.